The zero-order chi connectivity index (χ0) is 7.03. The van der Waals surface area contributed by atoms with Gasteiger partial charge >= 0.3 is 0 Å². The Morgan fingerprint density at radius 2 is 2.50 bits per heavy atom. The van der Waals surface area contributed by atoms with Crippen LogP contribution in [0.2, 0.25) is 0 Å². The number of hydrogen-bond acceptors (Lipinski definition) is 3. The van der Waals surface area contributed by atoms with E-state index in [1.807, 2.05) is 0 Å². The topological polar surface area (TPSA) is 12.0 Å². The summed E-state index contributed by atoms with van der Waals surface area (Å²) in [4.78, 5) is 0. The molecule has 2 fully saturated rings. The first-order valence-corrected chi connectivity index (χ1v) is 5.74. The quantitative estimate of drug-likeness (QED) is 0.604. The molecule has 0 aromatic heterocycles. The Morgan fingerprint density at radius 1 is 1.60 bits per heavy atom. The van der Waals surface area contributed by atoms with Crippen LogP contribution in [0.25, 0.3) is 0 Å². The van der Waals surface area contributed by atoms with Crippen molar-refractivity contribution in [2.75, 3.05) is 12.3 Å². The van der Waals surface area contributed by atoms with Gasteiger partial charge in [0.2, 0.25) is 0 Å². The molecule has 0 aromatic rings. The molecule has 1 spiro atoms. The predicted molar refractivity (Wildman–Crippen MR) is 49.5 cm³/mol. The van der Waals surface area contributed by atoms with E-state index in [2.05, 4.69) is 35.8 Å². The number of thioether (sulfide) groups is 2. The van der Waals surface area contributed by atoms with Crippen LogP contribution < -0.4 is 5.32 Å². The van der Waals surface area contributed by atoms with Gasteiger partial charge in [0.25, 0.3) is 0 Å². The van der Waals surface area contributed by atoms with Gasteiger partial charge in [-0.05, 0) is 19.4 Å². The molecule has 2 heterocycles. The average molecular weight is 175 g/mol. The van der Waals surface area contributed by atoms with E-state index in [-0.39, 0.29) is 0 Å². The van der Waals surface area contributed by atoms with E-state index in [1.165, 1.54) is 25.1 Å². The highest BCUT2D eigenvalue weighted by atomic mass is 32.2. The summed E-state index contributed by atoms with van der Waals surface area (Å²) in [6.45, 7) is 3.55. The van der Waals surface area contributed by atoms with Crippen LogP contribution in [0.1, 0.15) is 19.8 Å². The second-order valence-electron chi connectivity index (χ2n) is 3.02. The Hall–Kier alpha value is 0.660. The van der Waals surface area contributed by atoms with Crippen LogP contribution in [0, 0.1) is 0 Å². The fourth-order valence-electron chi connectivity index (χ4n) is 1.56. The Morgan fingerprint density at radius 3 is 3.00 bits per heavy atom. The van der Waals surface area contributed by atoms with Gasteiger partial charge in [0.1, 0.15) is 4.20 Å². The summed E-state index contributed by atoms with van der Waals surface area (Å²) in [5, 5.41) is 4.45. The molecule has 0 aliphatic carbocycles. The number of rotatable bonds is 0. The highest BCUT2D eigenvalue weighted by molar-refractivity contribution is 8.21. The van der Waals surface area contributed by atoms with E-state index in [0.29, 0.717) is 4.20 Å². The van der Waals surface area contributed by atoms with Gasteiger partial charge < -0.3 is 0 Å². The van der Waals surface area contributed by atoms with Crippen LogP contribution in [0.5, 0.6) is 0 Å². The lowest BCUT2D eigenvalue weighted by atomic mass is 10.4. The van der Waals surface area contributed by atoms with Crippen molar-refractivity contribution in [1.29, 1.82) is 0 Å². The third-order valence-electron chi connectivity index (χ3n) is 2.02. The maximum absolute atomic E-state index is 3.59. The summed E-state index contributed by atoms with van der Waals surface area (Å²) in [7, 11) is 0. The van der Waals surface area contributed by atoms with Crippen LogP contribution >= 0.6 is 23.5 Å². The SMILES string of the molecule is CC1CSC2(CCCN2)S1. The van der Waals surface area contributed by atoms with Gasteiger partial charge in [-0.25, -0.2) is 0 Å². The van der Waals surface area contributed by atoms with Crippen molar-refractivity contribution in [3.63, 3.8) is 0 Å². The molecule has 2 aliphatic rings. The molecule has 2 saturated heterocycles. The smallest absolute Gasteiger partial charge is 0.112 e. The monoisotopic (exact) mass is 175 g/mol. The van der Waals surface area contributed by atoms with Gasteiger partial charge in [0.05, 0.1) is 0 Å². The fourth-order valence-corrected chi connectivity index (χ4v) is 5.10. The van der Waals surface area contributed by atoms with Gasteiger partial charge in [-0.1, -0.05) is 6.92 Å². The summed E-state index contributed by atoms with van der Waals surface area (Å²) in [5.74, 6) is 1.33. The largest absolute Gasteiger partial charge is 0.294 e. The molecule has 10 heavy (non-hydrogen) atoms. The highest BCUT2D eigenvalue weighted by Crippen LogP contribution is 2.50. The van der Waals surface area contributed by atoms with E-state index < -0.39 is 0 Å². The standard InChI is InChI=1S/C7H13NS2/c1-6-5-9-7(10-6)3-2-4-8-7/h6,8H,2-5H2,1H3. The maximum atomic E-state index is 3.59. The summed E-state index contributed by atoms with van der Waals surface area (Å²) >= 11 is 4.24. The molecule has 2 unspecified atom stereocenters. The first-order chi connectivity index (χ1) is 4.81. The predicted octanol–water partition coefficient (Wildman–Crippen LogP) is 1.89. The lowest BCUT2D eigenvalue weighted by Crippen LogP contribution is -2.29. The molecule has 0 saturated carbocycles. The van der Waals surface area contributed by atoms with Crippen LogP contribution in [0.4, 0.5) is 0 Å². The van der Waals surface area contributed by atoms with Gasteiger partial charge in [-0.2, -0.15) is 0 Å². The maximum Gasteiger partial charge on any atom is 0.112 e. The molecule has 2 aliphatic heterocycles. The van der Waals surface area contributed by atoms with E-state index in [1.54, 1.807) is 0 Å². The molecule has 0 radical (unpaired) electrons. The summed E-state index contributed by atoms with van der Waals surface area (Å²) in [6, 6.07) is 0. The Kier molecular flexibility index (Phi) is 1.91. The van der Waals surface area contributed by atoms with E-state index in [9.17, 15) is 0 Å². The van der Waals surface area contributed by atoms with Gasteiger partial charge in [-0.15, -0.1) is 23.5 Å². The lowest BCUT2D eigenvalue weighted by molar-refractivity contribution is 0.756. The zero-order valence-corrected chi connectivity index (χ0v) is 7.86. The van der Waals surface area contributed by atoms with Crippen molar-refractivity contribution in [1.82, 2.24) is 5.32 Å². The minimum atomic E-state index is 0.444. The minimum Gasteiger partial charge on any atom is -0.294 e. The summed E-state index contributed by atoms with van der Waals surface area (Å²) in [5.41, 5.74) is 0. The normalized spacial score (nSPS) is 47.1. The minimum absolute atomic E-state index is 0.444. The molecule has 2 rings (SSSR count). The molecule has 0 amide bonds. The number of nitrogens with one attached hydrogen (secondary N) is 1. The van der Waals surface area contributed by atoms with Crippen LogP contribution in [0.3, 0.4) is 0 Å². The molecule has 0 aromatic carbocycles. The van der Waals surface area contributed by atoms with Gasteiger partial charge in [0.15, 0.2) is 0 Å². The van der Waals surface area contributed by atoms with Crippen molar-refractivity contribution in [2.45, 2.75) is 29.2 Å². The highest BCUT2D eigenvalue weighted by Gasteiger charge is 2.40. The summed E-state index contributed by atoms with van der Waals surface area (Å²) < 4.78 is 0.444. The Labute approximate surface area is 70.7 Å². The first-order valence-electron chi connectivity index (χ1n) is 3.88. The Bertz CT molecular complexity index is 132. The third kappa shape index (κ3) is 1.19. The molecule has 2 atom stereocenters. The van der Waals surface area contributed by atoms with Crippen molar-refractivity contribution >= 4 is 23.5 Å². The average Bonchev–Trinajstić information content (AvgIpc) is 2.46. The second kappa shape index (κ2) is 2.61. The molecular weight excluding hydrogens is 162 g/mol. The molecule has 58 valence electrons. The molecule has 0 bridgehead atoms. The molecular formula is C7H13NS2. The van der Waals surface area contributed by atoms with Crippen molar-refractivity contribution in [2.24, 2.45) is 0 Å². The molecule has 3 heteroatoms. The zero-order valence-electron chi connectivity index (χ0n) is 6.22. The van der Waals surface area contributed by atoms with E-state index >= 15 is 0 Å². The Balaban J connectivity index is 2.03. The van der Waals surface area contributed by atoms with Crippen molar-refractivity contribution in [3.05, 3.63) is 0 Å². The van der Waals surface area contributed by atoms with Crippen molar-refractivity contribution < 1.29 is 0 Å². The van der Waals surface area contributed by atoms with Crippen molar-refractivity contribution in [3.8, 4) is 0 Å². The van der Waals surface area contributed by atoms with Crippen LogP contribution in [-0.2, 0) is 0 Å². The second-order valence-corrected chi connectivity index (χ2v) is 6.34. The van der Waals surface area contributed by atoms with Crippen LogP contribution in [-0.4, -0.2) is 21.8 Å². The summed E-state index contributed by atoms with van der Waals surface area (Å²) in [6.07, 6.45) is 2.74. The third-order valence-corrected chi connectivity index (χ3v) is 5.65. The lowest BCUT2D eigenvalue weighted by Gasteiger charge is -2.20. The number of hydrogen-bond donors (Lipinski definition) is 1. The van der Waals surface area contributed by atoms with Crippen LogP contribution in [0.15, 0.2) is 0 Å². The fraction of sp³-hybridized carbons (Fsp3) is 1.00. The van der Waals surface area contributed by atoms with Gasteiger partial charge in [-0.3, -0.25) is 5.32 Å². The molecule has 1 nitrogen and oxygen atoms in total. The first kappa shape index (κ1) is 7.32. The van der Waals surface area contributed by atoms with E-state index in [4.69, 9.17) is 0 Å². The van der Waals surface area contributed by atoms with E-state index in [0.717, 1.165) is 5.25 Å². The molecule has 1 N–H and O–H groups in total. The van der Waals surface area contributed by atoms with Gasteiger partial charge in [0, 0.05) is 11.0 Å².